The van der Waals surface area contributed by atoms with Gasteiger partial charge in [0.05, 0.1) is 10.5 Å². The molecule has 0 aromatic heterocycles. The van der Waals surface area contributed by atoms with Gasteiger partial charge in [0.2, 0.25) is 0 Å². The molecule has 0 unspecified atom stereocenters. The summed E-state index contributed by atoms with van der Waals surface area (Å²) >= 11 is 0. The first kappa shape index (κ1) is 14.0. The van der Waals surface area contributed by atoms with Crippen molar-refractivity contribution in [2.45, 2.75) is 32.6 Å². The lowest BCUT2D eigenvalue weighted by atomic mass is 9.94. The van der Waals surface area contributed by atoms with E-state index in [-0.39, 0.29) is 16.0 Å². The monoisotopic (exact) mass is 276 g/mol. The molecule has 1 N–H and O–H groups in total. The minimum Gasteiger partial charge on any atom is -0.478 e. The highest BCUT2D eigenvalue weighted by molar-refractivity contribution is 8.13. The Morgan fingerprint density at radius 3 is 1.82 bits per heavy atom. The molecule has 0 aliphatic carbocycles. The molecule has 0 aliphatic heterocycles. The lowest BCUT2D eigenvalue weighted by molar-refractivity contribution is 0.0695. The average molecular weight is 277 g/mol. The Bertz CT molecular complexity index is 603. The summed E-state index contributed by atoms with van der Waals surface area (Å²) in [6.07, 6.45) is 0. The van der Waals surface area contributed by atoms with Crippen LogP contribution in [-0.2, 0) is 9.05 Å². The largest absolute Gasteiger partial charge is 0.478 e. The minimum absolute atomic E-state index is 0.00678. The molecule has 4 nitrogen and oxygen atoms in total. The molecule has 0 radical (unpaired) electrons. The van der Waals surface area contributed by atoms with Crippen molar-refractivity contribution in [1.82, 2.24) is 0 Å². The molecule has 1 rings (SSSR count). The second kappa shape index (κ2) is 4.31. The molecule has 0 aliphatic rings. The molecule has 0 bridgehead atoms. The van der Waals surface area contributed by atoms with Crippen molar-refractivity contribution >= 4 is 25.7 Å². The summed E-state index contributed by atoms with van der Waals surface area (Å²) in [5, 5.41) is 9.11. The Balaban J connectivity index is 3.95. The van der Waals surface area contributed by atoms with Crippen molar-refractivity contribution in [2.24, 2.45) is 0 Å². The fraction of sp³-hybridized carbons (Fsp3) is 0.364. The van der Waals surface area contributed by atoms with Gasteiger partial charge in [-0.3, -0.25) is 0 Å². The number of carboxylic acid groups (broad SMARTS) is 1. The second-order valence-corrected chi connectivity index (χ2v) is 6.45. The zero-order valence-corrected chi connectivity index (χ0v) is 11.5. The molecule has 0 saturated carbocycles. The first-order valence-electron chi connectivity index (χ1n) is 4.87. The van der Waals surface area contributed by atoms with Gasteiger partial charge in [0.1, 0.15) is 0 Å². The van der Waals surface area contributed by atoms with E-state index in [9.17, 15) is 13.2 Å². The van der Waals surface area contributed by atoms with Crippen LogP contribution in [0.4, 0.5) is 0 Å². The van der Waals surface area contributed by atoms with Gasteiger partial charge < -0.3 is 5.11 Å². The molecule has 94 valence electrons. The third-order valence-corrected chi connectivity index (χ3v) is 4.58. The number of hydrogen-bond acceptors (Lipinski definition) is 3. The molecule has 0 fully saturated rings. The molecular weight excluding hydrogens is 264 g/mol. The van der Waals surface area contributed by atoms with Crippen LogP contribution >= 0.6 is 10.7 Å². The summed E-state index contributed by atoms with van der Waals surface area (Å²) in [5.41, 5.74) is 1.89. The van der Waals surface area contributed by atoms with E-state index >= 15 is 0 Å². The van der Waals surface area contributed by atoms with E-state index in [1.807, 2.05) is 0 Å². The summed E-state index contributed by atoms with van der Waals surface area (Å²) in [6.45, 7) is 6.42. The SMILES string of the molecule is Cc1c(C)c(C(=O)O)c(C)c(S(=O)(=O)Cl)c1C. The van der Waals surface area contributed by atoms with Crippen LogP contribution in [0.2, 0.25) is 0 Å². The quantitative estimate of drug-likeness (QED) is 0.843. The van der Waals surface area contributed by atoms with Crippen molar-refractivity contribution in [3.8, 4) is 0 Å². The Kier molecular flexibility index (Phi) is 3.55. The van der Waals surface area contributed by atoms with Crippen LogP contribution in [0.15, 0.2) is 4.90 Å². The van der Waals surface area contributed by atoms with Gasteiger partial charge in [-0.05, 0) is 49.9 Å². The number of carbonyl (C=O) groups is 1. The summed E-state index contributed by atoms with van der Waals surface area (Å²) < 4.78 is 23.0. The highest BCUT2D eigenvalue weighted by Crippen LogP contribution is 2.31. The Morgan fingerprint density at radius 1 is 1.00 bits per heavy atom. The predicted molar refractivity (Wildman–Crippen MR) is 65.4 cm³/mol. The van der Waals surface area contributed by atoms with E-state index in [0.29, 0.717) is 16.7 Å². The maximum atomic E-state index is 11.5. The van der Waals surface area contributed by atoms with E-state index in [1.165, 1.54) is 6.92 Å². The van der Waals surface area contributed by atoms with Gasteiger partial charge in [0, 0.05) is 10.7 Å². The average Bonchev–Trinajstić information content (AvgIpc) is 2.11. The third-order valence-electron chi connectivity index (χ3n) is 3.01. The van der Waals surface area contributed by atoms with Crippen LogP contribution in [-0.4, -0.2) is 19.5 Å². The Labute approximate surface area is 105 Å². The minimum atomic E-state index is -3.95. The number of rotatable bonds is 2. The zero-order chi connectivity index (χ0) is 13.5. The summed E-state index contributed by atoms with van der Waals surface area (Å²) in [6, 6.07) is 0. The van der Waals surface area contributed by atoms with E-state index in [1.54, 1.807) is 20.8 Å². The molecule has 1 aromatic rings. The van der Waals surface area contributed by atoms with Gasteiger partial charge in [-0.1, -0.05) is 0 Å². The summed E-state index contributed by atoms with van der Waals surface area (Å²) in [4.78, 5) is 11.0. The van der Waals surface area contributed by atoms with Crippen LogP contribution < -0.4 is 0 Å². The predicted octanol–water partition coefficient (Wildman–Crippen LogP) is 2.55. The smallest absolute Gasteiger partial charge is 0.336 e. The van der Waals surface area contributed by atoms with Gasteiger partial charge in [-0.15, -0.1) is 0 Å². The first-order chi connectivity index (χ1) is 7.59. The standard InChI is InChI=1S/C11H13ClO4S/c1-5-6(2)9(11(13)14)8(4)10(7(5)3)17(12,15)16/h1-4H3,(H,13,14). The topological polar surface area (TPSA) is 71.4 Å². The van der Waals surface area contributed by atoms with Gasteiger partial charge in [-0.2, -0.15) is 0 Å². The normalized spacial score (nSPS) is 11.6. The summed E-state index contributed by atoms with van der Waals surface area (Å²) in [5.74, 6) is -1.15. The number of benzene rings is 1. The maximum absolute atomic E-state index is 11.5. The Morgan fingerprint density at radius 2 is 1.47 bits per heavy atom. The van der Waals surface area contributed by atoms with Crippen molar-refractivity contribution in [1.29, 1.82) is 0 Å². The van der Waals surface area contributed by atoms with Crippen LogP contribution in [0.25, 0.3) is 0 Å². The first-order valence-corrected chi connectivity index (χ1v) is 7.18. The van der Waals surface area contributed by atoms with Crippen LogP contribution in [0.3, 0.4) is 0 Å². The maximum Gasteiger partial charge on any atom is 0.336 e. The number of aromatic carboxylic acids is 1. The summed E-state index contributed by atoms with van der Waals surface area (Å²) in [7, 11) is 1.40. The molecule has 1 aromatic carbocycles. The number of halogens is 1. The van der Waals surface area contributed by atoms with E-state index in [4.69, 9.17) is 15.8 Å². The van der Waals surface area contributed by atoms with Gasteiger partial charge >= 0.3 is 5.97 Å². The van der Waals surface area contributed by atoms with Crippen LogP contribution in [0, 0.1) is 27.7 Å². The lowest BCUT2D eigenvalue weighted by Gasteiger charge is -2.16. The molecule has 0 saturated heterocycles. The molecule has 0 spiro atoms. The highest BCUT2D eigenvalue weighted by atomic mass is 35.7. The fourth-order valence-corrected chi connectivity index (χ4v) is 3.68. The van der Waals surface area contributed by atoms with Crippen molar-refractivity contribution in [3.63, 3.8) is 0 Å². The van der Waals surface area contributed by atoms with Gasteiger partial charge in [0.15, 0.2) is 0 Å². The van der Waals surface area contributed by atoms with Gasteiger partial charge in [0.25, 0.3) is 9.05 Å². The molecule has 0 heterocycles. The van der Waals surface area contributed by atoms with Crippen molar-refractivity contribution in [3.05, 3.63) is 27.8 Å². The number of carboxylic acids is 1. The third kappa shape index (κ3) is 2.30. The van der Waals surface area contributed by atoms with E-state index in [0.717, 1.165) is 0 Å². The second-order valence-electron chi connectivity index (χ2n) is 3.95. The van der Waals surface area contributed by atoms with E-state index < -0.39 is 15.0 Å². The van der Waals surface area contributed by atoms with Crippen LogP contribution in [0.1, 0.15) is 32.6 Å². The fourth-order valence-electron chi connectivity index (χ4n) is 2.00. The molecule has 6 heteroatoms. The van der Waals surface area contributed by atoms with Gasteiger partial charge in [-0.25, -0.2) is 13.2 Å². The Hall–Kier alpha value is -1.07. The number of hydrogen-bond donors (Lipinski definition) is 1. The molecule has 0 atom stereocenters. The van der Waals surface area contributed by atoms with Crippen LogP contribution in [0.5, 0.6) is 0 Å². The molecular formula is C11H13ClO4S. The lowest BCUT2D eigenvalue weighted by Crippen LogP contribution is -2.11. The molecule has 0 amide bonds. The van der Waals surface area contributed by atoms with Crippen molar-refractivity contribution < 1.29 is 18.3 Å². The zero-order valence-electron chi connectivity index (χ0n) is 9.96. The highest BCUT2D eigenvalue weighted by Gasteiger charge is 2.25. The van der Waals surface area contributed by atoms with E-state index in [2.05, 4.69) is 0 Å². The molecule has 17 heavy (non-hydrogen) atoms. The van der Waals surface area contributed by atoms with Crippen molar-refractivity contribution in [2.75, 3.05) is 0 Å².